The molecule has 0 fully saturated rings. The summed E-state index contributed by atoms with van der Waals surface area (Å²) in [4.78, 5) is 14.3. The van der Waals surface area contributed by atoms with Gasteiger partial charge >= 0.3 is 0 Å². The van der Waals surface area contributed by atoms with Gasteiger partial charge in [0.25, 0.3) is 5.91 Å². The number of quaternary nitrogens is 1. The molecule has 2 atom stereocenters. The van der Waals surface area contributed by atoms with Gasteiger partial charge in [0.05, 0.1) is 14.2 Å². The fourth-order valence-corrected chi connectivity index (χ4v) is 3.24. The molecule has 4 nitrogen and oxygen atoms in total. The minimum atomic E-state index is -0.322. The number of hydrogen-bond donors (Lipinski definition) is 2. The molecule has 0 heterocycles. The van der Waals surface area contributed by atoms with Crippen molar-refractivity contribution in [3.63, 3.8) is 0 Å². The summed E-state index contributed by atoms with van der Waals surface area (Å²) < 4.78 is 5.25. The van der Waals surface area contributed by atoms with Gasteiger partial charge in [0, 0.05) is 22.9 Å². The highest BCUT2D eigenvalue weighted by Crippen LogP contribution is 2.19. The summed E-state index contributed by atoms with van der Waals surface area (Å²) in [7, 11) is 3.67. The van der Waals surface area contributed by atoms with Crippen molar-refractivity contribution in [3.8, 4) is 5.75 Å². The number of carbonyl (C=O) groups excluding carboxylic acids is 1. The second-order valence-electron chi connectivity index (χ2n) is 6.57. The van der Waals surface area contributed by atoms with Crippen LogP contribution in [0.25, 0.3) is 0 Å². The first kappa shape index (κ1) is 18.7. The molecule has 2 N–H and O–H groups in total. The van der Waals surface area contributed by atoms with E-state index in [1.807, 2.05) is 72.8 Å². The molecular weight excluding hydrogens is 336 g/mol. The number of carbonyl (C=O) groups is 1. The summed E-state index contributed by atoms with van der Waals surface area (Å²) in [6.07, 6.45) is 0. The quantitative estimate of drug-likeness (QED) is 0.679. The highest BCUT2D eigenvalue weighted by Gasteiger charge is 2.29. The number of likely N-dealkylation sites (N-methyl/N-ethyl adjacent to an activating group) is 1. The summed E-state index contributed by atoms with van der Waals surface area (Å²) in [6.45, 7) is 0.756. The summed E-state index contributed by atoms with van der Waals surface area (Å²) >= 11 is 0. The van der Waals surface area contributed by atoms with Crippen LogP contribution in [-0.2, 0) is 11.3 Å². The Morgan fingerprint density at radius 1 is 0.963 bits per heavy atom. The van der Waals surface area contributed by atoms with E-state index in [0.29, 0.717) is 5.75 Å². The van der Waals surface area contributed by atoms with E-state index in [1.54, 1.807) is 7.11 Å². The van der Waals surface area contributed by atoms with Crippen LogP contribution < -0.4 is 15.0 Å². The number of benzene rings is 3. The van der Waals surface area contributed by atoms with Crippen molar-refractivity contribution in [2.24, 2.45) is 0 Å². The molecular formula is C23H25N2O2+. The van der Waals surface area contributed by atoms with E-state index >= 15 is 0 Å². The predicted octanol–water partition coefficient (Wildman–Crippen LogP) is 3.09. The van der Waals surface area contributed by atoms with Crippen molar-refractivity contribution in [2.75, 3.05) is 19.5 Å². The van der Waals surface area contributed by atoms with Gasteiger partial charge in [-0.15, -0.1) is 0 Å². The second-order valence-corrected chi connectivity index (χ2v) is 6.57. The van der Waals surface area contributed by atoms with Gasteiger partial charge in [-0.05, 0) is 12.1 Å². The Balaban J connectivity index is 1.84. The third kappa shape index (κ3) is 4.96. The summed E-state index contributed by atoms with van der Waals surface area (Å²) in [5.74, 6) is 0.678. The van der Waals surface area contributed by atoms with Crippen molar-refractivity contribution in [3.05, 3.63) is 96.1 Å². The van der Waals surface area contributed by atoms with E-state index in [2.05, 4.69) is 24.5 Å². The van der Waals surface area contributed by atoms with Gasteiger partial charge in [0.1, 0.15) is 12.3 Å². The average Bonchev–Trinajstić information content (AvgIpc) is 2.70. The van der Waals surface area contributed by atoms with Crippen molar-refractivity contribution >= 4 is 11.6 Å². The van der Waals surface area contributed by atoms with E-state index in [-0.39, 0.29) is 11.9 Å². The molecule has 0 saturated heterocycles. The zero-order valence-electron chi connectivity index (χ0n) is 15.7. The lowest BCUT2D eigenvalue weighted by molar-refractivity contribution is -0.915. The Bertz CT molecular complexity index is 866. The number of anilines is 1. The van der Waals surface area contributed by atoms with E-state index < -0.39 is 0 Å². The third-order valence-electron chi connectivity index (χ3n) is 4.55. The average molecular weight is 361 g/mol. The van der Waals surface area contributed by atoms with Gasteiger partial charge in [-0.2, -0.15) is 0 Å². The van der Waals surface area contributed by atoms with Crippen molar-refractivity contribution in [2.45, 2.75) is 12.6 Å². The van der Waals surface area contributed by atoms with Gasteiger partial charge in [-0.3, -0.25) is 4.79 Å². The number of methoxy groups -OCH3 is 1. The Morgan fingerprint density at radius 2 is 1.63 bits per heavy atom. The first-order chi connectivity index (χ1) is 13.2. The lowest BCUT2D eigenvalue weighted by Crippen LogP contribution is -3.09. The number of ether oxygens (including phenoxy) is 1. The molecule has 0 aliphatic heterocycles. The number of nitrogens with one attached hydrogen (secondary N) is 2. The zero-order valence-corrected chi connectivity index (χ0v) is 15.7. The molecule has 0 bridgehead atoms. The fraction of sp³-hybridized carbons (Fsp3) is 0.174. The maximum atomic E-state index is 13.2. The second kappa shape index (κ2) is 9.01. The van der Waals surface area contributed by atoms with Crippen molar-refractivity contribution in [1.29, 1.82) is 0 Å². The summed E-state index contributed by atoms with van der Waals surface area (Å²) in [6, 6.07) is 27.2. The summed E-state index contributed by atoms with van der Waals surface area (Å²) in [5, 5.41) is 3.04. The van der Waals surface area contributed by atoms with E-state index in [4.69, 9.17) is 4.74 Å². The Hall–Kier alpha value is -3.11. The first-order valence-electron chi connectivity index (χ1n) is 9.03. The van der Waals surface area contributed by atoms with Crippen molar-refractivity contribution in [1.82, 2.24) is 0 Å². The molecule has 0 radical (unpaired) electrons. The molecule has 138 valence electrons. The van der Waals surface area contributed by atoms with Crippen LogP contribution in [0.3, 0.4) is 0 Å². The van der Waals surface area contributed by atoms with E-state index in [1.165, 1.54) is 5.56 Å². The van der Waals surface area contributed by atoms with E-state index in [9.17, 15) is 4.79 Å². The molecule has 0 saturated carbocycles. The van der Waals surface area contributed by atoms with Gasteiger partial charge < -0.3 is 15.0 Å². The Labute approximate surface area is 160 Å². The van der Waals surface area contributed by atoms with Crippen LogP contribution in [0.4, 0.5) is 5.69 Å². The fourth-order valence-electron chi connectivity index (χ4n) is 3.24. The molecule has 27 heavy (non-hydrogen) atoms. The van der Waals surface area contributed by atoms with Crippen LogP contribution in [0.2, 0.25) is 0 Å². The molecule has 0 aliphatic carbocycles. The van der Waals surface area contributed by atoms with Gasteiger partial charge in [0.15, 0.2) is 6.04 Å². The minimum Gasteiger partial charge on any atom is -0.497 e. The first-order valence-corrected chi connectivity index (χ1v) is 9.03. The molecule has 0 aliphatic rings. The predicted molar refractivity (Wildman–Crippen MR) is 108 cm³/mol. The van der Waals surface area contributed by atoms with Crippen LogP contribution in [0, 0.1) is 0 Å². The standard InChI is InChI=1S/C23H24N2O2/c1-25(17-18-10-5-3-6-11-18)22(19-12-7-4-8-13-19)23(26)24-20-14-9-15-21(16-20)27-2/h3-16,22H,17H2,1-2H3,(H,24,26)/p+1/t22-/m1/s1. The third-order valence-corrected chi connectivity index (χ3v) is 4.55. The Morgan fingerprint density at radius 3 is 2.30 bits per heavy atom. The minimum absolute atomic E-state index is 0.0390. The lowest BCUT2D eigenvalue weighted by atomic mass is 10.0. The Kier molecular flexibility index (Phi) is 6.23. The molecule has 3 aromatic carbocycles. The van der Waals surface area contributed by atoms with Crippen LogP contribution in [-0.4, -0.2) is 20.1 Å². The van der Waals surface area contributed by atoms with Crippen LogP contribution in [0.5, 0.6) is 5.75 Å². The molecule has 0 spiro atoms. The number of hydrogen-bond acceptors (Lipinski definition) is 2. The van der Waals surface area contributed by atoms with E-state index in [0.717, 1.165) is 22.7 Å². The van der Waals surface area contributed by atoms with Crippen LogP contribution >= 0.6 is 0 Å². The van der Waals surface area contributed by atoms with Crippen LogP contribution in [0.15, 0.2) is 84.9 Å². The zero-order chi connectivity index (χ0) is 19.1. The maximum Gasteiger partial charge on any atom is 0.287 e. The lowest BCUT2D eigenvalue weighted by Gasteiger charge is -2.25. The van der Waals surface area contributed by atoms with Gasteiger partial charge in [-0.1, -0.05) is 66.7 Å². The normalized spacial score (nSPS) is 12.8. The highest BCUT2D eigenvalue weighted by molar-refractivity contribution is 5.94. The topological polar surface area (TPSA) is 42.8 Å². The molecule has 1 unspecified atom stereocenters. The van der Waals surface area contributed by atoms with Crippen molar-refractivity contribution < 1.29 is 14.4 Å². The molecule has 1 amide bonds. The number of rotatable bonds is 7. The summed E-state index contributed by atoms with van der Waals surface area (Å²) in [5.41, 5.74) is 2.92. The monoisotopic (exact) mass is 361 g/mol. The molecule has 4 heteroatoms. The largest absolute Gasteiger partial charge is 0.497 e. The smallest absolute Gasteiger partial charge is 0.287 e. The highest BCUT2D eigenvalue weighted by atomic mass is 16.5. The van der Waals surface area contributed by atoms with Crippen LogP contribution in [0.1, 0.15) is 17.2 Å². The molecule has 3 rings (SSSR count). The maximum absolute atomic E-state index is 13.2. The number of amides is 1. The molecule has 3 aromatic rings. The van der Waals surface area contributed by atoms with Gasteiger partial charge in [0.2, 0.25) is 0 Å². The molecule has 0 aromatic heterocycles. The van der Waals surface area contributed by atoms with Gasteiger partial charge in [-0.25, -0.2) is 0 Å². The SMILES string of the molecule is COc1cccc(NC(=O)[C@@H](c2ccccc2)[NH+](C)Cc2ccccc2)c1.